The summed E-state index contributed by atoms with van der Waals surface area (Å²) in [7, 11) is -1.11. The van der Waals surface area contributed by atoms with Gasteiger partial charge in [0.05, 0.1) is 29.8 Å². The fourth-order valence-electron chi connectivity index (χ4n) is 4.00. The Bertz CT molecular complexity index is 1080. The van der Waals surface area contributed by atoms with Crippen molar-refractivity contribution in [2.45, 2.75) is 32.9 Å². The van der Waals surface area contributed by atoms with E-state index < -0.39 is 9.84 Å². The van der Waals surface area contributed by atoms with Crippen LogP contribution in [0.5, 0.6) is 11.5 Å². The van der Waals surface area contributed by atoms with Crippen molar-refractivity contribution in [3.63, 3.8) is 0 Å². The summed E-state index contributed by atoms with van der Waals surface area (Å²) in [5, 5.41) is 7.46. The molecule has 162 valence electrons. The molecule has 0 saturated carbocycles. The fourth-order valence-corrected chi connectivity index (χ4v) is 5.69. The molecule has 1 saturated heterocycles. The molecule has 30 heavy (non-hydrogen) atoms. The minimum atomic E-state index is -2.98. The molecule has 1 fully saturated rings. The summed E-state index contributed by atoms with van der Waals surface area (Å²) in [4.78, 5) is 14.4. The smallest absolute Gasteiger partial charge is 0.238 e. The van der Waals surface area contributed by atoms with E-state index in [4.69, 9.17) is 9.47 Å². The normalized spacial score (nSPS) is 19.4. The van der Waals surface area contributed by atoms with Gasteiger partial charge in [0.15, 0.2) is 21.3 Å². The van der Waals surface area contributed by atoms with Crippen molar-refractivity contribution in [1.29, 1.82) is 0 Å². The molecular weight excluding hydrogens is 408 g/mol. The number of aromatic nitrogens is 2. The highest BCUT2D eigenvalue weighted by Crippen LogP contribution is 2.34. The monoisotopic (exact) mass is 434 g/mol. The number of benzene rings is 1. The molecule has 0 radical (unpaired) electrons. The molecule has 0 spiro atoms. The molecule has 1 aromatic carbocycles. The Kier molecular flexibility index (Phi) is 5.46. The highest BCUT2D eigenvalue weighted by Gasteiger charge is 2.31. The first-order valence-corrected chi connectivity index (χ1v) is 11.7. The second-order valence-corrected chi connectivity index (χ2v) is 10.2. The van der Waals surface area contributed by atoms with Crippen molar-refractivity contribution >= 4 is 21.4 Å². The van der Waals surface area contributed by atoms with Crippen LogP contribution in [0.15, 0.2) is 18.2 Å². The van der Waals surface area contributed by atoms with Gasteiger partial charge in [-0.15, -0.1) is 0 Å². The summed E-state index contributed by atoms with van der Waals surface area (Å²) in [6, 6.07) is 5.18. The van der Waals surface area contributed by atoms with Gasteiger partial charge in [-0.1, -0.05) is 0 Å². The van der Waals surface area contributed by atoms with Crippen molar-refractivity contribution in [3.05, 3.63) is 35.2 Å². The third-order valence-electron chi connectivity index (χ3n) is 5.53. The van der Waals surface area contributed by atoms with E-state index in [1.165, 1.54) is 0 Å². The molecular formula is C20H26N4O5S. The van der Waals surface area contributed by atoms with E-state index >= 15 is 0 Å². The molecule has 1 amide bonds. The van der Waals surface area contributed by atoms with Crippen LogP contribution in [-0.4, -0.2) is 60.9 Å². The maximum atomic E-state index is 12.5. The molecule has 1 unspecified atom stereocenters. The summed E-state index contributed by atoms with van der Waals surface area (Å²) in [5.41, 5.74) is 3.50. The molecule has 2 aliphatic rings. The Labute approximate surface area is 175 Å². The van der Waals surface area contributed by atoms with Crippen LogP contribution in [0.4, 0.5) is 5.69 Å². The molecule has 3 heterocycles. The molecule has 4 rings (SSSR count). The summed E-state index contributed by atoms with van der Waals surface area (Å²) in [6.07, 6.45) is 0.595. The molecule has 10 heteroatoms. The van der Waals surface area contributed by atoms with Gasteiger partial charge >= 0.3 is 0 Å². The zero-order valence-electron chi connectivity index (χ0n) is 17.3. The van der Waals surface area contributed by atoms with E-state index in [0.29, 0.717) is 30.2 Å². The highest BCUT2D eigenvalue weighted by molar-refractivity contribution is 7.91. The lowest BCUT2D eigenvalue weighted by Gasteiger charge is -2.17. The van der Waals surface area contributed by atoms with Crippen LogP contribution < -0.4 is 14.8 Å². The second-order valence-electron chi connectivity index (χ2n) is 7.94. The number of carbonyl (C=O) groups excluding carboxylic acids is 1. The van der Waals surface area contributed by atoms with E-state index in [9.17, 15) is 13.2 Å². The maximum Gasteiger partial charge on any atom is 0.238 e. The van der Waals surface area contributed by atoms with Crippen LogP contribution in [0.3, 0.4) is 0 Å². The molecule has 0 aliphatic carbocycles. The number of nitrogens with one attached hydrogen (secondary N) is 1. The first-order valence-electron chi connectivity index (χ1n) is 9.85. The third kappa shape index (κ3) is 4.29. The molecule has 1 aromatic heterocycles. The maximum absolute atomic E-state index is 12.5. The van der Waals surface area contributed by atoms with E-state index in [1.807, 2.05) is 30.5 Å². The quantitative estimate of drug-likeness (QED) is 0.738. The third-order valence-corrected chi connectivity index (χ3v) is 7.28. The van der Waals surface area contributed by atoms with E-state index in [1.54, 1.807) is 18.2 Å². The number of amides is 1. The van der Waals surface area contributed by atoms with Crippen LogP contribution in [0.25, 0.3) is 0 Å². The van der Waals surface area contributed by atoms with E-state index in [2.05, 4.69) is 10.4 Å². The van der Waals surface area contributed by atoms with Crippen LogP contribution in [0.2, 0.25) is 0 Å². The van der Waals surface area contributed by atoms with Crippen molar-refractivity contribution in [3.8, 4) is 11.5 Å². The zero-order chi connectivity index (χ0) is 21.5. The fraction of sp³-hybridized carbons (Fsp3) is 0.500. The molecule has 1 atom stereocenters. The Balaban J connectivity index is 1.38. The van der Waals surface area contributed by atoms with Crippen molar-refractivity contribution in [1.82, 2.24) is 14.7 Å². The number of nitrogens with zero attached hydrogens (tertiary/aromatic N) is 3. The number of likely N-dealkylation sites (N-methyl/N-ethyl adjacent to an activating group) is 1. The number of sulfone groups is 1. The van der Waals surface area contributed by atoms with Crippen LogP contribution >= 0.6 is 0 Å². The predicted octanol–water partition coefficient (Wildman–Crippen LogP) is 1.66. The average Bonchev–Trinajstić information content (AvgIpc) is 3.34. The van der Waals surface area contributed by atoms with Crippen molar-refractivity contribution < 1.29 is 22.7 Å². The number of anilines is 1. The Morgan fingerprint density at radius 3 is 2.80 bits per heavy atom. The Morgan fingerprint density at radius 2 is 2.07 bits per heavy atom. The van der Waals surface area contributed by atoms with Crippen LogP contribution in [0.1, 0.15) is 29.4 Å². The molecule has 2 aliphatic heterocycles. The number of carbonyl (C=O) groups is 1. The number of fused-ring (bicyclic) bond motifs is 1. The number of rotatable bonds is 6. The SMILES string of the molecule is Cc1nn(C2CCS(=O)(=O)C2)c(C)c1CN(C)CC(=O)Nc1ccc2c(c1)OCO2. The first-order chi connectivity index (χ1) is 14.2. The standard InChI is InChI=1S/C20H26N4O5S/c1-13-17(14(2)24(22-13)16-6-7-30(26,27)11-16)9-23(3)10-20(25)21-15-4-5-18-19(8-15)29-12-28-18/h4-5,8,16H,6-7,9-12H2,1-3H3,(H,21,25). The van der Waals surface area contributed by atoms with E-state index in [0.717, 1.165) is 17.0 Å². The predicted molar refractivity (Wildman–Crippen MR) is 112 cm³/mol. The van der Waals surface area contributed by atoms with Gasteiger partial charge in [-0.05, 0) is 39.4 Å². The molecule has 0 bridgehead atoms. The minimum Gasteiger partial charge on any atom is -0.454 e. The number of aryl methyl sites for hydroxylation is 1. The van der Waals surface area contributed by atoms with Gasteiger partial charge in [-0.3, -0.25) is 14.4 Å². The topological polar surface area (TPSA) is 103 Å². The zero-order valence-corrected chi connectivity index (χ0v) is 18.2. The van der Waals surface area contributed by atoms with Gasteiger partial charge in [0, 0.05) is 29.6 Å². The lowest BCUT2D eigenvalue weighted by molar-refractivity contribution is -0.117. The lowest BCUT2D eigenvalue weighted by Crippen LogP contribution is -2.30. The lowest BCUT2D eigenvalue weighted by atomic mass is 10.1. The molecule has 1 N–H and O–H groups in total. The van der Waals surface area contributed by atoms with Crippen molar-refractivity contribution in [2.75, 3.05) is 37.2 Å². The van der Waals surface area contributed by atoms with Crippen LogP contribution in [0, 0.1) is 13.8 Å². The summed E-state index contributed by atoms with van der Waals surface area (Å²) < 4.78 is 36.1. The molecule has 2 aromatic rings. The van der Waals surface area contributed by atoms with Gasteiger partial charge in [-0.25, -0.2) is 8.42 Å². The average molecular weight is 435 g/mol. The number of hydrogen-bond donors (Lipinski definition) is 1. The van der Waals surface area contributed by atoms with Gasteiger partial charge in [-0.2, -0.15) is 5.10 Å². The number of ether oxygens (including phenoxy) is 2. The summed E-state index contributed by atoms with van der Waals surface area (Å²) in [5.74, 6) is 1.51. The number of hydrogen-bond acceptors (Lipinski definition) is 7. The second kappa shape index (κ2) is 7.92. The summed E-state index contributed by atoms with van der Waals surface area (Å²) >= 11 is 0. The minimum absolute atomic E-state index is 0.109. The van der Waals surface area contributed by atoms with Gasteiger partial charge in [0.1, 0.15) is 0 Å². The molecule has 9 nitrogen and oxygen atoms in total. The van der Waals surface area contributed by atoms with Gasteiger partial charge in [0.2, 0.25) is 12.7 Å². The summed E-state index contributed by atoms with van der Waals surface area (Å²) in [6.45, 7) is 4.82. The largest absolute Gasteiger partial charge is 0.454 e. The van der Waals surface area contributed by atoms with E-state index in [-0.39, 0.29) is 36.8 Å². The Morgan fingerprint density at radius 1 is 1.30 bits per heavy atom. The van der Waals surface area contributed by atoms with Crippen molar-refractivity contribution in [2.24, 2.45) is 0 Å². The van der Waals surface area contributed by atoms with Gasteiger partial charge in [0.25, 0.3) is 0 Å². The first kappa shape index (κ1) is 20.7. The Hall–Kier alpha value is -2.59. The highest BCUT2D eigenvalue weighted by atomic mass is 32.2. The van der Waals surface area contributed by atoms with Crippen LogP contribution in [-0.2, 0) is 21.2 Å². The van der Waals surface area contributed by atoms with Gasteiger partial charge < -0.3 is 14.8 Å².